The largest absolute Gasteiger partial charge is 0.350 e. The molecule has 0 fully saturated rings. The zero-order valence-electron chi connectivity index (χ0n) is 15.6. The first kappa shape index (κ1) is 17.7. The van der Waals surface area contributed by atoms with Crippen LogP contribution in [0.1, 0.15) is 47.8 Å². The standard InChI is InChI=1S/C22H23FN2O2/c1-14-16-5-6-17(20(23)21(16)24-18(14)13-26)15-4-3-11-25(12-15)19(27)7-8-22(2)9-10-22/h4-6,9-10,13,24H,3,7-8,11-12H2,1-2H3. The molecule has 2 aliphatic rings. The highest BCUT2D eigenvalue weighted by atomic mass is 19.1. The second kappa shape index (κ2) is 6.48. The van der Waals surface area contributed by atoms with E-state index in [0.29, 0.717) is 48.0 Å². The van der Waals surface area contributed by atoms with Gasteiger partial charge in [0.2, 0.25) is 5.91 Å². The Labute approximate surface area is 157 Å². The number of allylic oxidation sites excluding steroid dienone is 2. The van der Waals surface area contributed by atoms with E-state index in [4.69, 9.17) is 0 Å². The number of benzene rings is 1. The van der Waals surface area contributed by atoms with Crippen molar-refractivity contribution in [3.05, 3.63) is 53.0 Å². The van der Waals surface area contributed by atoms with Crippen molar-refractivity contribution in [2.45, 2.75) is 33.1 Å². The van der Waals surface area contributed by atoms with E-state index in [9.17, 15) is 9.59 Å². The minimum atomic E-state index is -0.362. The number of nitrogens with zero attached hydrogens (tertiary/aromatic N) is 1. The Kier molecular flexibility index (Phi) is 4.25. The van der Waals surface area contributed by atoms with Crippen LogP contribution < -0.4 is 0 Å². The van der Waals surface area contributed by atoms with Gasteiger partial charge in [-0.1, -0.05) is 37.3 Å². The minimum Gasteiger partial charge on any atom is -0.350 e. The average molecular weight is 366 g/mol. The van der Waals surface area contributed by atoms with Gasteiger partial charge in [0.1, 0.15) is 0 Å². The van der Waals surface area contributed by atoms with Gasteiger partial charge in [-0.15, -0.1) is 0 Å². The first-order valence-electron chi connectivity index (χ1n) is 9.35. The molecule has 4 rings (SSSR count). The SMILES string of the molecule is Cc1c(C=O)[nH]c2c(F)c(C3=CCCN(C(=O)CCC4(C)C=C4)C3)ccc12. The van der Waals surface area contributed by atoms with E-state index in [1.807, 2.05) is 17.0 Å². The van der Waals surface area contributed by atoms with E-state index in [1.165, 1.54) is 0 Å². The van der Waals surface area contributed by atoms with Crippen molar-refractivity contribution < 1.29 is 14.0 Å². The van der Waals surface area contributed by atoms with Gasteiger partial charge in [-0.05, 0) is 30.9 Å². The molecule has 1 aromatic carbocycles. The summed E-state index contributed by atoms with van der Waals surface area (Å²) in [5, 5.41) is 0.716. The smallest absolute Gasteiger partial charge is 0.222 e. The number of aryl methyl sites for hydroxylation is 1. The van der Waals surface area contributed by atoms with Crippen LogP contribution in [0.15, 0.2) is 30.4 Å². The normalized spacial score (nSPS) is 17.9. The zero-order valence-corrected chi connectivity index (χ0v) is 15.6. The summed E-state index contributed by atoms with van der Waals surface area (Å²) in [7, 11) is 0. The maximum atomic E-state index is 15.1. The van der Waals surface area contributed by atoms with Crippen molar-refractivity contribution in [1.82, 2.24) is 9.88 Å². The molecule has 140 valence electrons. The van der Waals surface area contributed by atoms with Crippen LogP contribution in [-0.4, -0.2) is 35.2 Å². The quantitative estimate of drug-likeness (QED) is 0.630. The van der Waals surface area contributed by atoms with Crippen LogP contribution in [0.4, 0.5) is 4.39 Å². The van der Waals surface area contributed by atoms with Gasteiger partial charge in [0.15, 0.2) is 12.1 Å². The van der Waals surface area contributed by atoms with E-state index in [2.05, 4.69) is 24.1 Å². The fourth-order valence-corrected chi connectivity index (χ4v) is 3.75. The molecule has 2 aromatic rings. The number of hydrogen-bond acceptors (Lipinski definition) is 2. The van der Waals surface area contributed by atoms with Gasteiger partial charge in [-0.2, -0.15) is 0 Å². The van der Waals surface area contributed by atoms with E-state index in [1.54, 1.807) is 13.0 Å². The van der Waals surface area contributed by atoms with Gasteiger partial charge >= 0.3 is 0 Å². The fourth-order valence-electron chi connectivity index (χ4n) is 3.75. The Morgan fingerprint density at radius 1 is 1.37 bits per heavy atom. The first-order chi connectivity index (χ1) is 12.9. The number of amides is 1. The van der Waals surface area contributed by atoms with Crippen molar-refractivity contribution in [2.24, 2.45) is 5.41 Å². The number of aromatic amines is 1. The summed E-state index contributed by atoms with van der Waals surface area (Å²) in [4.78, 5) is 28.4. The molecule has 1 amide bonds. The van der Waals surface area contributed by atoms with Crippen LogP contribution in [0.5, 0.6) is 0 Å². The summed E-state index contributed by atoms with van der Waals surface area (Å²) in [6.45, 7) is 5.02. The fraction of sp³-hybridized carbons (Fsp3) is 0.364. The lowest BCUT2D eigenvalue weighted by molar-refractivity contribution is -0.131. The molecule has 0 saturated heterocycles. The lowest BCUT2D eigenvalue weighted by Gasteiger charge is -2.28. The number of carbonyl (C=O) groups excluding carboxylic acids is 2. The first-order valence-corrected chi connectivity index (χ1v) is 9.35. The van der Waals surface area contributed by atoms with E-state index in [-0.39, 0.29) is 17.1 Å². The number of aldehydes is 1. The highest BCUT2D eigenvalue weighted by Crippen LogP contribution is 2.39. The Balaban J connectivity index is 1.56. The van der Waals surface area contributed by atoms with Crippen molar-refractivity contribution in [3.8, 4) is 0 Å². The lowest BCUT2D eigenvalue weighted by atomic mass is 9.97. The number of hydrogen-bond donors (Lipinski definition) is 1. The molecular formula is C22H23FN2O2. The summed E-state index contributed by atoms with van der Waals surface area (Å²) in [5.41, 5.74) is 2.94. The molecule has 1 aliphatic carbocycles. The summed E-state index contributed by atoms with van der Waals surface area (Å²) >= 11 is 0. The second-order valence-electron chi connectivity index (χ2n) is 7.80. The van der Waals surface area contributed by atoms with Gasteiger partial charge in [0.25, 0.3) is 0 Å². The van der Waals surface area contributed by atoms with Crippen LogP contribution in [0.2, 0.25) is 0 Å². The lowest BCUT2D eigenvalue weighted by Crippen LogP contribution is -2.35. The third-order valence-corrected chi connectivity index (χ3v) is 5.79. The van der Waals surface area contributed by atoms with Gasteiger partial charge < -0.3 is 9.88 Å². The number of rotatable bonds is 5. The Hall–Kier alpha value is -2.69. The van der Waals surface area contributed by atoms with Gasteiger partial charge in [0.05, 0.1) is 11.2 Å². The topological polar surface area (TPSA) is 53.2 Å². The number of fused-ring (bicyclic) bond motifs is 1. The predicted molar refractivity (Wildman–Crippen MR) is 104 cm³/mol. The van der Waals surface area contributed by atoms with Crippen LogP contribution in [0.25, 0.3) is 16.5 Å². The Bertz CT molecular complexity index is 993. The summed E-state index contributed by atoms with van der Waals surface area (Å²) in [5.74, 6) is -0.241. The zero-order chi connectivity index (χ0) is 19.2. The van der Waals surface area contributed by atoms with Gasteiger partial charge in [0, 0.05) is 35.9 Å². The maximum Gasteiger partial charge on any atom is 0.222 e. The average Bonchev–Trinajstić information content (AvgIpc) is 3.32. The molecule has 0 spiro atoms. The van der Waals surface area contributed by atoms with E-state index in [0.717, 1.165) is 24.0 Å². The third kappa shape index (κ3) is 3.22. The predicted octanol–water partition coefficient (Wildman–Crippen LogP) is 4.40. The molecule has 1 aliphatic heterocycles. The van der Waals surface area contributed by atoms with Crippen LogP contribution in [-0.2, 0) is 4.79 Å². The van der Waals surface area contributed by atoms with Crippen molar-refractivity contribution in [3.63, 3.8) is 0 Å². The molecule has 1 aromatic heterocycles. The van der Waals surface area contributed by atoms with Crippen LogP contribution in [0, 0.1) is 18.2 Å². The molecule has 27 heavy (non-hydrogen) atoms. The molecule has 5 heteroatoms. The monoisotopic (exact) mass is 366 g/mol. The number of H-pyrrole nitrogens is 1. The van der Waals surface area contributed by atoms with E-state index >= 15 is 4.39 Å². The molecule has 0 radical (unpaired) electrons. The summed E-state index contributed by atoms with van der Waals surface area (Å²) in [6, 6.07) is 3.59. The Morgan fingerprint density at radius 2 is 2.15 bits per heavy atom. The molecule has 2 heterocycles. The number of carbonyl (C=O) groups is 2. The van der Waals surface area contributed by atoms with Crippen molar-refractivity contribution in [2.75, 3.05) is 13.1 Å². The van der Waals surface area contributed by atoms with E-state index < -0.39 is 0 Å². The van der Waals surface area contributed by atoms with Crippen LogP contribution in [0.3, 0.4) is 0 Å². The molecular weight excluding hydrogens is 343 g/mol. The van der Waals surface area contributed by atoms with Crippen molar-refractivity contribution in [1.29, 1.82) is 0 Å². The van der Waals surface area contributed by atoms with Crippen LogP contribution >= 0.6 is 0 Å². The van der Waals surface area contributed by atoms with Gasteiger partial charge in [-0.25, -0.2) is 4.39 Å². The number of nitrogens with one attached hydrogen (secondary N) is 1. The molecule has 0 bridgehead atoms. The summed E-state index contributed by atoms with van der Waals surface area (Å²) in [6.07, 6.45) is 9.03. The summed E-state index contributed by atoms with van der Waals surface area (Å²) < 4.78 is 15.1. The molecule has 1 N–H and O–H groups in total. The minimum absolute atomic E-state index is 0.114. The molecule has 4 nitrogen and oxygen atoms in total. The Morgan fingerprint density at radius 3 is 2.85 bits per heavy atom. The highest BCUT2D eigenvalue weighted by molar-refractivity contribution is 5.94. The van der Waals surface area contributed by atoms with Gasteiger partial charge in [-0.3, -0.25) is 9.59 Å². The molecule has 0 saturated carbocycles. The third-order valence-electron chi connectivity index (χ3n) is 5.79. The number of aromatic nitrogens is 1. The van der Waals surface area contributed by atoms with Crippen molar-refractivity contribution >= 4 is 28.7 Å². The second-order valence-corrected chi connectivity index (χ2v) is 7.80. The molecule has 0 unspecified atom stereocenters. The maximum absolute atomic E-state index is 15.1. The number of halogens is 1. The molecule has 0 atom stereocenters. The highest BCUT2D eigenvalue weighted by Gasteiger charge is 2.29.